The fraction of sp³-hybridized carbons (Fsp3) is 0.158. The summed E-state index contributed by atoms with van der Waals surface area (Å²) in [7, 11) is 3.18. The van der Waals surface area contributed by atoms with Crippen molar-refractivity contribution in [3.63, 3.8) is 0 Å². The van der Waals surface area contributed by atoms with E-state index in [2.05, 4.69) is 9.97 Å². The number of allylic oxidation sites excluding steroid dienone is 1. The number of carbonyl (C=O) groups is 1. The minimum Gasteiger partial charge on any atom is -0.493 e. The number of imidazole rings is 1. The Morgan fingerprint density at radius 2 is 1.92 bits per heavy atom. The van der Waals surface area contributed by atoms with Gasteiger partial charge < -0.3 is 19.6 Å². The summed E-state index contributed by atoms with van der Waals surface area (Å²) in [4.78, 5) is 18.8. The molecule has 0 bridgehead atoms. The van der Waals surface area contributed by atoms with E-state index >= 15 is 0 Å². The van der Waals surface area contributed by atoms with Crippen LogP contribution in [0, 0.1) is 0 Å². The number of carboxylic acids is 1. The van der Waals surface area contributed by atoms with Crippen LogP contribution in [0.25, 0.3) is 22.7 Å². The van der Waals surface area contributed by atoms with Crippen LogP contribution < -0.4 is 9.47 Å². The molecule has 0 amide bonds. The molecule has 0 aliphatic heterocycles. The minimum absolute atomic E-state index is 0.202. The number of benzene rings is 2. The Balaban J connectivity index is 2.01. The highest BCUT2D eigenvalue weighted by molar-refractivity contribution is 6.01. The van der Waals surface area contributed by atoms with Crippen molar-refractivity contribution in [1.29, 1.82) is 0 Å². The fourth-order valence-corrected chi connectivity index (χ4v) is 2.67. The fourth-order valence-electron chi connectivity index (χ4n) is 2.67. The van der Waals surface area contributed by atoms with Crippen molar-refractivity contribution in [3.8, 4) is 11.5 Å². The number of hydrogen-bond donors (Lipinski definition) is 2. The number of methoxy groups -OCH3 is 2. The number of para-hydroxylation sites is 1. The smallest absolute Gasteiger partial charge is 0.337 e. The first kappa shape index (κ1) is 16.6. The summed E-state index contributed by atoms with van der Waals surface area (Å²) in [5.41, 5.74) is 3.24. The van der Waals surface area contributed by atoms with Gasteiger partial charge in [-0.1, -0.05) is 12.1 Å². The third-order valence-corrected chi connectivity index (χ3v) is 3.96. The number of fused-ring (bicyclic) bond motifs is 1. The average molecular weight is 338 g/mol. The van der Waals surface area contributed by atoms with Gasteiger partial charge in [-0.15, -0.1) is 0 Å². The van der Waals surface area contributed by atoms with Crippen molar-refractivity contribution >= 4 is 28.7 Å². The maximum absolute atomic E-state index is 11.3. The molecule has 2 aromatic carbocycles. The second-order valence-corrected chi connectivity index (χ2v) is 5.52. The lowest BCUT2D eigenvalue weighted by Crippen LogP contribution is -1.96. The van der Waals surface area contributed by atoms with Gasteiger partial charge in [0.1, 0.15) is 5.82 Å². The van der Waals surface area contributed by atoms with Gasteiger partial charge in [-0.2, -0.15) is 0 Å². The van der Waals surface area contributed by atoms with Crippen molar-refractivity contribution in [2.75, 3.05) is 14.2 Å². The Morgan fingerprint density at radius 3 is 2.60 bits per heavy atom. The van der Waals surface area contributed by atoms with Gasteiger partial charge in [-0.25, -0.2) is 9.78 Å². The van der Waals surface area contributed by atoms with Crippen LogP contribution in [-0.2, 0) is 0 Å². The molecule has 0 radical (unpaired) electrons. The molecule has 0 unspecified atom stereocenters. The Kier molecular flexibility index (Phi) is 4.43. The molecule has 0 spiro atoms. The number of aromatic carboxylic acids is 1. The van der Waals surface area contributed by atoms with E-state index in [0.717, 1.165) is 11.1 Å². The number of aromatic nitrogens is 2. The largest absolute Gasteiger partial charge is 0.493 e. The normalized spacial score (nSPS) is 11.6. The van der Waals surface area contributed by atoms with Gasteiger partial charge in [-0.05, 0) is 48.4 Å². The summed E-state index contributed by atoms with van der Waals surface area (Å²) in [6, 6.07) is 10.7. The third-order valence-electron chi connectivity index (χ3n) is 3.96. The molecule has 0 saturated heterocycles. The van der Waals surface area contributed by atoms with Crippen molar-refractivity contribution in [2.45, 2.75) is 6.92 Å². The van der Waals surface area contributed by atoms with Gasteiger partial charge in [-0.3, -0.25) is 0 Å². The van der Waals surface area contributed by atoms with Crippen LogP contribution in [0.15, 0.2) is 36.4 Å². The van der Waals surface area contributed by atoms with Gasteiger partial charge in [0, 0.05) is 0 Å². The molecule has 0 fully saturated rings. The number of carboxylic acid groups (broad SMARTS) is 1. The second-order valence-electron chi connectivity index (χ2n) is 5.52. The van der Waals surface area contributed by atoms with Gasteiger partial charge in [0.25, 0.3) is 0 Å². The summed E-state index contributed by atoms with van der Waals surface area (Å²) < 4.78 is 10.6. The molecule has 3 aromatic rings. The lowest BCUT2D eigenvalue weighted by atomic mass is 10.1. The summed E-state index contributed by atoms with van der Waals surface area (Å²) >= 11 is 0. The topological polar surface area (TPSA) is 84.4 Å². The Hall–Kier alpha value is -3.28. The van der Waals surface area contributed by atoms with Gasteiger partial charge in [0.15, 0.2) is 11.5 Å². The predicted octanol–water partition coefficient (Wildman–Crippen LogP) is 3.84. The van der Waals surface area contributed by atoms with Crippen LogP contribution in [0.1, 0.15) is 28.7 Å². The highest BCUT2D eigenvalue weighted by Gasteiger charge is 2.12. The minimum atomic E-state index is -0.985. The summed E-state index contributed by atoms with van der Waals surface area (Å²) in [5, 5.41) is 9.27. The summed E-state index contributed by atoms with van der Waals surface area (Å²) in [6.45, 7) is 1.95. The molecule has 3 rings (SSSR count). The van der Waals surface area contributed by atoms with Crippen molar-refractivity contribution in [1.82, 2.24) is 9.97 Å². The van der Waals surface area contributed by atoms with Crippen molar-refractivity contribution < 1.29 is 19.4 Å². The SMILES string of the molecule is COc1ccc(C(C)=Cc2nc3cccc(C(=O)O)c3[nH]2)cc1OC. The molecule has 1 heterocycles. The van der Waals surface area contributed by atoms with E-state index in [1.54, 1.807) is 32.4 Å². The van der Waals surface area contributed by atoms with Crippen molar-refractivity contribution in [2.24, 2.45) is 0 Å². The summed E-state index contributed by atoms with van der Waals surface area (Å²) in [5.74, 6) is 0.914. The van der Waals surface area contributed by atoms with Crippen LogP contribution in [0.3, 0.4) is 0 Å². The molecule has 0 saturated carbocycles. The Bertz CT molecular complexity index is 973. The monoisotopic (exact) mass is 338 g/mol. The summed E-state index contributed by atoms with van der Waals surface area (Å²) in [6.07, 6.45) is 1.87. The quantitative estimate of drug-likeness (QED) is 0.738. The highest BCUT2D eigenvalue weighted by Crippen LogP contribution is 2.31. The van der Waals surface area contributed by atoms with Gasteiger partial charge in [0.05, 0.1) is 30.8 Å². The van der Waals surface area contributed by atoms with Crippen LogP contribution in [0.2, 0.25) is 0 Å². The first-order valence-electron chi connectivity index (χ1n) is 7.66. The number of ether oxygens (including phenoxy) is 2. The maximum atomic E-state index is 11.3. The molecule has 128 valence electrons. The highest BCUT2D eigenvalue weighted by atomic mass is 16.5. The molecule has 0 atom stereocenters. The van der Waals surface area contributed by atoms with E-state index in [1.807, 2.05) is 31.2 Å². The van der Waals surface area contributed by atoms with E-state index < -0.39 is 5.97 Å². The standard InChI is InChI=1S/C19H18N2O4/c1-11(12-7-8-15(24-2)16(10-12)25-3)9-17-20-14-6-4-5-13(19(22)23)18(14)21-17/h4-10H,1-3H3,(H,20,21)(H,22,23). The van der Waals surface area contributed by atoms with Gasteiger partial charge in [0.2, 0.25) is 0 Å². The molecule has 25 heavy (non-hydrogen) atoms. The molecule has 0 aliphatic carbocycles. The maximum Gasteiger partial charge on any atom is 0.337 e. The molecule has 6 heteroatoms. The third kappa shape index (κ3) is 3.19. The first-order chi connectivity index (χ1) is 12.0. The predicted molar refractivity (Wildman–Crippen MR) is 96.1 cm³/mol. The number of aromatic amines is 1. The second kappa shape index (κ2) is 6.68. The van der Waals surface area contributed by atoms with Crippen molar-refractivity contribution in [3.05, 3.63) is 53.3 Å². The lowest BCUT2D eigenvalue weighted by Gasteiger charge is -2.09. The molecule has 0 aliphatic rings. The molecule has 6 nitrogen and oxygen atoms in total. The van der Waals surface area contributed by atoms with E-state index in [-0.39, 0.29) is 5.56 Å². The molecule has 1 aromatic heterocycles. The number of hydrogen-bond acceptors (Lipinski definition) is 4. The zero-order valence-corrected chi connectivity index (χ0v) is 14.2. The zero-order chi connectivity index (χ0) is 18.0. The number of rotatable bonds is 5. The zero-order valence-electron chi connectivity index (χ0n) is 14.2. The number of H-pyrrole nitrogens is 1. The van der Waals surface area contributed by atoms with E-state index in [4.69, 9.17) is 9.47 Å². The van der Waals surface area contributed by atoms with E-state index in [0.29, 0.717) is 28.4 Å². The molecular weight excluding hydrogens is 320 g/mol. The first-order valence-corrected chi connectivity index (χ1v) is 7.66. The van der Waals surface area contributed by atoms with Crippen LogP contribution in [0.4, 0.5) is 0 Å². The van der Waals surface area contributed by atoms with Crippen LogP contribution >= 0.6 is 0 Å². The Labute approximate surface area is 144 Å². The number of nitrogens with one attached hydrogen (secondary N) is 1. The van der Waals surface area contributed by atoms with Crippen LogP contribution in [0.5, 0.6) is 11.5 Å². The molecule has 2 N–H and O–H groups in total. The Morgan fingerprint density at radius 1 is 1.16 bits per heavy atom. The average Bonchev–Trinajstić information content (AvgIpc) is 3.02. The number of nitrogens with zero attached hydrogens (tertiary/aromatic N) is 1. The van der Waals surface area contributed by atoms with E-state index in [1.165, 1.54) is 0 Å². The van der Waals surface area contributed by atoms with E-state index in [9.17, 15) is 9.90 Å². The lowest BCUT2D eigenvalue weighted by molar-refractivity contribution is 0.0699. The van der Waals surface area contributed by atoms with Crippen LogP contribution in [-0.4, -0.2) is 35.3 Å². The van der Waals surface area contributed by atoms with Gasteiger partial charge >= 0.3 is 5.97 Å². The molecular formula is C19H18N2O4.